The molecule has 0 amide bonds. The number of rotatable bonds is 3. The molecule has 0 aliphatic heterocycles. The standard InChI is InChI=1S/C20H22N4O2/c25-19(26)12-5-7-20(8-6-12)9-13(10-20)23-17-16-14-3-1-2-4-15(14)24-18(16)22-11-21-17/h1-4,11-13H,5-10H2,(H,25,26)(H2,21,22,23,24). The lowest BCUT2D eigenvalue weighted by Crippen LogP contribution is -2.47. The van der Waals surface area contributed by atoms with Gasteiger partial charge in [0.25, 0.3) is 0 Å². The van der Waals surface area contributed by atoms with Crippen molar-refractivity contribution in [2.75, 3.05) is 5.32 Å². The molecule has 1 aromatic carbocycles. The second kappa shape index (κ2) is 5.69. The molecule has 26 heavy (non-hydrogen) atoms. The van der Waals surface area contributed by atoms with Crippen LogP contribution in [0.3, 0.4) is 0 Å². The van der Waals surface area contributed by atoms with E-state index in [0.29, 0.717) is 11.5 Å². The largest absolute Gasteiger partial charge is 0.481 e. The fourth-order valence-corrected chi connectivity index (χ4v) is 4.95. The van der Waals surface area contributed by atoms with Gasteiger partial charge in [0, 0.05) is 16.9 Å². The Hall–Kier alpha value is -2.63. The number of carboxylic acids is 1. The third kappa shape index (κ3) is 2.43. The third-order valence-corrected chi connectivity index (χ3v) is 6.39. The van der Waals surface area contributed by atoms with Crippen LogP contribution in [0.4, 0.5) is 5.82 Å². The van der Waals surface area contributed by atoms with E-state index in [4.69, 9.17) is 0 Å². The summed E-state index contributed by atoms with van der Waals surface area (Å²) in [6, 6.07) is 8.61. The maximum atomic E-state index is 11.2. The van der Waals surface area contributed by atoms with E-state index < -0.39 is 5.97 Å². The summed E-state index contributed by atoms with van der Waals surface area (Å²) < 4.78 is 0. The van der Waals surface area contributed by atoms with Crippen molar-refractivity contribution in [3.05, 3.63) is 30.6 Å². The number of aromatic amines is 1. The second-order valence-electron chi connectivity index (χ2n) is 7.98. The Morgan fingerprint density at radius 2 is 1.96 bits per heavy atom. The Kier molecular flexibility index (Phi) is 3.42. The van der Waals surface area contributed by atoms with E-state index in [0.717, 1.165) is 66.3 Å². The zero-order valence-electron chi connectivity index (χ0n) is 14.5. The molecule has 3 N–H and O–H groups in total. The van der Waals surface area contributed by atoms with Crippen molar-refractivity contribution in [3.8, 4) is 0 Å². The van der Waals surface area contributed by atoms with Gasteiger partial charge in [0.05, 0.1) is 11.3 Å². The number of H-pyrrole nitrogens is 1. The molecule has 2 heterocycles. The molecule has 0 bridgehead atoms. The summed E-state index contributed by atoms with van der Waals surface area (Å²) in [4.78, 5) is 23.4. The molecule has 6 nitrogen and oxygen atoms in total. The number of hydrogen-bond donors (Lipinski definition) is 3. The number of nitrogens with one attached hydrogen (secondary N) is 2. The average molecular weight is 350 g/mol. The van der Waals surface area contributed by atoms with Gasteiger partial charge in [-0.1, -0.05) is 18.2 Å². The van der Waals surface area contributed by atoms with Crippen LogP contribution in [0, 0.1) is 11.3 Å². The number of para-hydroxylation sites is 1. The molecule has 0 saturated heterocycles. The van der Waals surface area contributed by atoms with Crippen LogP contribution in [-0.2, 0) is 4.79 Å². The SMILES string of the molecule is O=C(O)C1CCC2(CC1)CC(Nc1ncnc3[nH]c4ccccc4c13)C2. The van der Waals surface area contributed by atoms with Crippen molar-refractivity contribution in [1.29, 1.82) is 0 Å². The van der Waals surface area contributed by atoms with E-state index in [9.17, 15) is 9.90 Å². The molecule has 2 aliphatic rings. The highest BCUT2D eigenvalue weighted by Crippen LogP contribution is 2.53. The van der Waals surface area contributed by atoms with E-state index in [1.807, 2.05) is 12.1 Å². The van der Waals surface area contributed by atoms with Crippen LogP contribution in [-0.4, -0.2) is 32.1 Å². The summed E-state index contributed by atoms with van der Waals surface area (Å²) in [5.41, 5.74) is 2.28. The lowest BCUT2D eigenvalue weighted by Gasteiger charge is -2.51. The van der Waals surface area contributed by atoms with Gasteiger partial charge in [-0.15, -0.1) is 0 Å². The fraction of sp³-hybridized carbons (Fsp3) is 0.450. The predicted molar refractivity (Wildman–Crippen MR) is 100 cm³/mol. The fourth-order valence-electron chi connectivity index (χ4n) is 4.95. The van der Waals surface area contributed by atoms with Gasteiger partial charge in [0.15, 0.2) is 0 Å². The first-order chi connectivity index (χ1) is 12.6. The van der Waals surface area contributed by atoms with Crippen molar-refractivity contribution >= 4 is 33.7 Å². The highest BCUT2D eigenvalue weighted by Gasteiger charge is 2.47. The van der Waals surface area contributed by atoms with Crippen LogP contribution in [0.2, 0.25) is 0 Å². The molecule has 2 aromatic heterocycles. The minimum Gasteiger partial charge on any atom is -0.481 e. The van der Waals surface area contributed by atoms with Crippen LogP contribution in [0.15, 0.2) is 30.6 Å². The first-order valence-corrected chi connectivity index (χ1v) is 9.34. The molecule has 6 heteroatoms. The summed E-state index contributed by atoms with van der Waals surface area (Å²) >= 11 is 0. The van der Waals surface area contributed by atoms with Crippen LogP contribution >= 0.6 is 0 Å². The lowest BCUT2D eigenvalue weighted by molar-refractivity contribution is -0.144. The van der Waals surface area contributed by atoms with Crippen LogP contribution in [0.1, 0.15) is 38.5 Å². The van der Waals surface area contributed by atoms with Gasteiger partial charge in [-0.05, 0) is 50.0 Å². The van der Waals surface area contributed by atoms with Gasteiger partial charge in [-0.3, -0.25) is 4.79 Å². The Balaban J connectivity index is 1.34. The van der Waals surface area contributed by atoms with Crippen molar-refractivity contribution in [2.45, 2.75) is 44.6 Å². The summed E-state index contributed by atoms with van der Waals surface area (Å²) in [6.07, 6.45) is 7.53. The lowest BCUT2D eigenvalue weighted by atomic mass is 9.57. The number of carbonyl (C=O) groups is 1. The Bertz CT molecular complexity index is 980. The van der Waals surface area contributed by atoms with E-state index in [2.05, 4.69) is 32.4 Å². The minimum atomic E-state index is -0.628. The van der Waals surface area contributed by atoms with Crippen LogP contribution in [0.5, 0.6) is 0 Å². The molecule has 134 valence electrons. The highest BCUT2D eigenvalue weighted by atomic mass is 16.4. The van der Waals surface area contributed by atoms with E-state index in [1.165, 1.54) is 0 Å². The van der Waals surface area contributed by atoms with Gasteiger partial charge >= 0.3 is 5.97 Å². The number of benzene rings is 1. The first-order valence-electron chi connectivity index (χ1n) is 9.34. The Labute approximate surface area is 151 Å². The quantitative estimate of drug-likeness (QED) is 0.665. The maximum absolute atomic E-state index is 11.2. The molecule has 2 saturated carbocycles. The molecule has 3 aromatic rings. The number of fused-ring (bicyclic) bond motifs is 3. The van der Waals surface area contributed by atoms with Gasteiger partial charge in [-0.25, -0.2) is 9.97 Å². The van der Waals surface area contributed by atoms with Crippen molar-refractivity contribution in [3.63, 3.8) is 0 Å². The first kappa shape index (κ1) is 15.6. The molecule has 0 unspecified atom stereocenters. The number of anilines is 1. The maximum Gasteiger partial charge on any atom is 0.306 e. The van der Waals surface area contributed by atoms with Crippen molar-refractivity contribution in [2.24, 2.45) is 11.3 Å². The number of aliphatic carboxylic acids is 1. The van der Waals surface area contributed by atoms with Crippen LogP contribution in [0.25, 0.3) is 21.9 Å². The van der Waals surface area contributed by atoms with Gasteiger partial charge in [0.1, 0.15) is 17.8 Å². The Morgan fingerprint density at radius 3 is 2.73 bits per heavy atom. The smallest absolute Gasteiger partial charge is 0.306 e. The molecule has 5 rings (SSSR count). The number of hydrogen-bond acceptors (Lipinski definition) is 4. The van der Waals surface area contributed by atoms with E-state index >= 15 is 0 Å². The van der Waals surface area contributed by atoms with Gasteiger partial charge < -0.3 is 15.4 Å². The average Bonchev–Trinajstić information content (AvgIpc) is 3.00. The topological polar surface area (TPSA) is 90.9 Å². The number of aromatic nitrogens is 3. The van der Waals surface area contributed by atoms with Crippen molar-refractivity contribution < 1.29 is 9.90 Å². The Morgan fingerprint density at radius 1 is 1.19 bits per heavy atom. The van der Waals surface area contributed by atoms with Gasteiger partial charge in [0.2, 0.25) is 0 Å². The van der Waals surface area contributed by atoms with Gasteiger partial charge in [-0.2, -0.15) is 0 Å². The summed E-state index contributed by atoms with van der Waals surface area (Å²) in [7, 11) is 0. The molecule has 2 aliphatic carbocycles. The molecule has 0 radical (unpaired) electrons. The highest BCUT2D eigenvalue weighted by molar-refractivity contribution is 6.10. The monoisotopic (exact) mass is 350 g/mol. The normalized spacial score (nSPS) is 28.3. The second-order valence-corrected chi connectivity index (χ2v) is 7.98. The number of nitrogens with zero attached hydrogens (tertiary/aromatic N) is 2. The zero-order valence-corrected chi connectivity index (χ0v) is 14.5. The summed E-state index contributed by atoms with van der Waals surface area (Å²) in [5.74, 6) is 0.128. The molecular weight excluding hydrogens is 328 g/mol. The summed E-state index contributed by atoms with van der Waals surface area (Å²) in [6.45, 7) is 0. The van der Waals surface area contributed by atoms with Crippen LogP contribution < -0.4 is 5.32 Å². The zero-order chi connectivity index (χ0) is 17.7. The van der Waals surface area contributed by atoms with E-state index in [-0.39, 0.29) is 5.92 Å². The summed E-state index contributed by atoms with van der Waals surface area (Å²) in [5, 5.41) is 15.0. The molecule has 2 fully saturated rings. The van der Waals surface area contributed by atoms with Crippen molar-refractivity contribution in [1.82, 2.24) is 15.0 Å². The third-order valence-electron chi connectivity index (χ3n) is 6.39. The molecule has 0 atom stereocenters. The molecular formula is C20H22N4O2. The molecule has 1 spiro atoms. The predicted octanol–water partition coefficient (Wildman–Crippen LogP) is 3.95. The van der Waals surface area contributed by atoms with E-state index in [1.54, 1.807) is 6.33 Å². The number of carboxylic acid groups (broad SMARTS) is 1. The minimum absolute atomic E-state index is 0.139.